The molecule has 0 spiro atoms. The van der Waals surface area contributed by atoms with Crippen LogP contribution in [0.25, 0.3) is 0 Å². The van der Waals surface area contributed by atoms with Crippen molar-refractivity contribution in [1.29, 1.82) is 0 Å². The highest BCUT2D eigenvalue weighted by Crippen LogP contribution is 2.37. The molecule has 0 N–H and O–H groups in total. The quantitative estimate of drug-likeness (QED) is 0.469. The Bertz CT molecular complexity index is 450. The van der Waals surface area contributed by atoms with Crippen molar-refractivity contribution in [3.8, 4) is 0 Å². The standard InChI is InChI=1S/C10H13ClN4O2/c1-6(7-3-4-7)14(2)9-8(15(16)17)5-12-10(11)13-9/h5-7H,3-4H2,1-2H3. The van der Waals surface area contributed by atoms with E-state index >= 15 is 0 Å². The molecule has 1 aliphatic carbocycles. The van der Waals surface area contributed by atoms with Gasteiger partial charge in [-0.05, 0) is 37.3 Å². The fourth-order valence-corrected chi connectivity index (χ4v) is 1.95. The molecule has 0 aliphatic heterocycles. The fourth-order valence-electron chi connectivity index (χ4n) is 1.82. The van der Waals surface area contributed by atoms with E-state index in [9.17, 15) is 10.1 Å². The first-order valence-corrected chi connectivity index (χ1v) is 5.78. The SMILES string of the molecule is CC(C1CC1)N(C)c1nc(Cl)ncc1[N+](=O)[O-]. The maximum atomic E-state index is 10.9. The van der Waals surface area contributed by atoms with Gasteiger partial charge < -0.3 is 4.90 Å². The van der Waals surface area contributed by atoms with Crippen molar-refractivity contribution in [3.05, 3.63) is 21.6 Å². The van der Waals surface area contributed by atoms with Crippen molar-refractivity contribution in [2.75, 3.05) is 11.9 Å². The van der Waals surface area contributed by atoms with Crippen LogP contribution in [0.1, 0.15) is 19.8 Å². The minimum absolute atomic E-state index is 0.0282. The number of hydrogen-bond acceptors (Lipinski definition) is 5. The molecule has 0 saturated heterocycles. The summed E-state index contributed by atoms with van der Waals surface area (Å²) in [6.45, 7) is 2.04. The van der Waals surface area contributed by atoms with Crippen LogP contribution in [-0.2, 0) is 0 Å². The fraction of sp³-hybridized carbons (Fsp3) is 0.600. The van der Waals surface area contributed by atoms with Crippen molar-refractivity contribution in [2.45, 2.75) is 25.8 Å². The minimum atomic E-state index is -0.484. The highest BCUT2D eigenvalue weighted by Gasteiger charge is 2.33. The first-order chi connectivity index (χ1) is 8.00. The maximum Gasteiger partial charge on any atom is 0.329 e. The molecule has 1 fully saturated rings. The van der Waals surface area contributed by atoms with E-state index in [0.29, 0.717) is 5.92 Å². The molecule has 0 bridgehead atoms. The van der Waals surface area contributed by atoms with Crippen molar-refractivity contribution < 1.29 is 4.92 Å². The largest absolute Gasteiger partial charge is 0.351 e. The number of nitrogens with zero attached hydrogens (tertiary/aromatic N) is 4. The Balaban J connectivity index is 2.34. The van der Waals surface area contributed by atoms with Crippen LogP contribution in [0.5, 0.6) is 0 Å². The molecule has 0 radical (unpaired) electrons. The summed E-state index contributed by atoms with van der Waals surface area (Å²) < 4.78 is 0. The van der Waals surface area contributed by atoms with Gasteiger partial charge in [-0.2, -0.15) is 4.98 Å². The second kappa shape index (κ2) is 4.44. The normalized spacial score (nSPS) is 16.6. The molecule has 17 heavy (non-hydrogen) atoms. The third kappa shape index (κ3) is 2.46. The summed E-state index contributed by atoms with van der Waals surface area (Å²) in [5.41, 5.74) is -0.107. The van der Waals surface area contributed by atoms with E-state index in [0.717, 1.165) is 19.0 Å². The van der Waals surface area contributed by atoms with Crippen LogP contribution >= 0.6 is 11.6 Å². The summed E-state index contributed by atoms with van der Waals surface area (Å²) in [6, 6.07) is 0.222. The first-order valence-electron chi connectivity index (χ1n) is 5.40. The van der Waals surface area contributed by atoms with E-state index in [4.69, 9.17) is 11.6 Å². The third-order valence-electron chi connectivity index (χ3n) is 3.17. The lowest BCUT2D eigenvalue weighted by Gasteiger charge is -2.25. The van der Waals surface area contributed by atoms with Gasteiger partial charge in [0.2, 0.25) is 11.1 Å². The van der Waals surface area contributed by atoms with E-state index in [1.807, 2.05) is 11.8 Å². The second-order valence-corrected chi connectivity index (χ2v) is 4.63. The van der Waals surface area contributed by atoms with Gasteiger partial charge in [0.25, 0.3) is 0 Å². The lowest BCUT2D eigenvalue weighted by Crippen LogP contribution is -2.32. The van der Waals surface area contributed by atoms with Gasteiger partial charge in [0, 0.05) is 13.1 Å². The van der Waals surface area contributed by atoms with Crippen LogP contribution in [0.15, 0.2) is 6.20 Å². The van der Waals surface area contributed by atoms with Crippen LogP contribution in [0.2, 0.25) is 5.28 Å². The minimum Gasteiger partial charge on any atom is -0.351 e. The van der Waals surface area contributed by atoms with E-state index in [1.165, 1.54) is 0 Å². The molecule has 0 aromatic carbocycles. The molecule has 2 rings (SSSR count). The Kier molecular flexibility index (Phi) is 3.15. The average Bonchev–Trinajstić information content (AvgIpc) is 3.10. The number of halogens is 1. The highest BCUT2D eigenvalue weighted by atomic mass is 35.5. The second-order valence-electron chi connectivity index (χ2n) is 4.29. The van der Waals surface area contributed by atoms with Crippen LogP contribution in [0.4, 0.5) is 11.5 Å². The summed E-state index contributed by atoms with van der Waals surface area (Å²) >= 11 is 5.69. The Morgan fingerprint density at radius 2 is 2.29 bits per heavy atom. The van der Waals surface area contributed by atoms with E-state index in [-0.39, 0.29) is 22.8 Å². The zero-order valence-corrected chi connectivity index (χ0v) is 10.4. The summed E-state index contributed by atoms with van der Waals surface area (Å²) in [7, 11) is 1.80. The van der Waals surface area contributed by atoms with Gasteiger partial charge in [-0.1, -0.05) is 0 Å². The Hall–Kier alpha value is -1.43. The summed E-state index contributed by atoms with van der Waals surface area (Å²) in [5.74, 6) is 0.878. The van der Waals surface area contributed by atoms with Gasteiger partial charge >= 0.3 is 5.69 Å². The lowest BCUT2D eigenvalue weighted by molar-refractivity contribution is -0.384. The van der Waals surface area contributed by atoms with Gasteiger partial charge in [0.1, 0.15) is 6.20 Å². The molecule has 7 heteroatoms. The molecule has 92 valence electrons. The number of rotatable bonds is 4. The molecule has 1 aliphatic rings. The predicted octanol–water partition coefficient (Wildman–Crippen LogP) is 2.27. The van der Waals surface area contributed by atoms with Gasteiger partial charge in [-0.15, -0.1) is 0 Å². The van der Waals surface area contributed by atoms with E-state index < -0.39 is 4.92 Å². The average molecular weight is 257 g/mol. The van der Waals surface area contributed by atoms with E-state index in [2.05, 4.69) is 9.97 Å². The topological polar surface area (TPSA) is 72.2 Å². The molecule has 6 nitrogen and oxygen atoms in total. The molecular formula is C10H13ClN4O2. The van der Waals surface area contributed by atoms with Crippen molar-refractivity contribution in [1.82, 2.24) is 9.97 Å². The van der Waals surface area contributed by atoms with Crippen LogP contribution in [0, 0.1) is 16.0 Å². The predicted molar refractivity (Wildman–Crippen MR) is 64.3 cm³/mol. The monoisotopic (exact) mass is 256 g/mol. The molecule has 1 saturated carbocycles. The molecule has 1 atom stereocenters. The third-order valence-corrected chi connectivity index (χ3v) is 3.35. The van der Waals surface area contributed by atoms with Gasteiger partial charge in [0.15, 0.2) is 0 Å². The molecule has 0 amide bonds. The van der Waals surface area contributed by atoms with Crippen molar-refractivity contribution in [3.63, 3.8) is 0 Å². The van der Waals surface area contributed by atoms with Gasteiger partial charge in [0.05, 0.1) is 4.92 Å². The highest BCUT2D eigenvalue weighted by molar-refractivity contribution is 6.28. The molecule has 1 aromatic heterocycles. The van der Waals surface area contributed by atoms with Crippen LogP contribution < -0.4 is 4.90 Å². The molecule has 1 aromatic rings. The summed E-state index contributed by atoms with van der Waals surface area (Å²) in [5, 5.41) is 10.9. The molecular weight excluding hydrogens is 244 g/mol. The smallest absolute Gasteiger partial charge is 0.329 e. The Morgan fingerprint density at radius 3 is 2.82 bits per heavy atom. The number of aromatic nitrogens is 2. The van der Waals surface area contributed by atoms with Crippen LogP contribution in [-0.4, -0.2) is 28.0 Å². The zero-order valence-electron chi connectivity index (χ0n) is 9.63. The zero-order chi connectivity index (χ0) is 12.6. The molecule has 1 unspecified atom stereocenters. The van der Waals surface area contributed by atoms with Gasteiger partial charge in [-0.25, -0.2) is 4.98 Å². The Labute approximate surface area is 104 Å². The maximum absolute atomic E-state index is 10.9. The number of anilines is 1. The van der Waals surface area contributed by atoms with Crippen LogP contribution in [0.3, 0.4) is 0 Å². The first kappa shape index (κ1) is 12.0. The van der Waals surface area contributed by atoms with Crippen molar-refractivity contribution in [2.24, 2.45) is 5.92 Å². The lowest BCUT2D eigenvalue weighted by atomic mass is 10.2. The Morgan fingerprint density at radius 1 is 1.65 bits per heavy atom. The van der Waals surface area contributed by atoms with E-state index in [1.54, 1.807) is 7.05 Å². The number of nitro groups is 1. The summed E-state index contributed by atoms with van der Waals surface area (Å²) in [4.78, 5) is 19.8. The van der Waals surface area contributed by atoms with Gasteiger partial charge in [-0.3, -0.25) is 10.1 Å². The van der Waals surface area contributed by atoms with Crippen molar-refractivity contribution >= 4 is 23.1 Å². The molecule has 1 heterocycles. The number of hydrogen-bond donors (Lipinski definition) is 0. The summed E-state index contributed by atoms with van der Waals surface area (Å²) in [6.07, 6.45) is 3.48.